The summed E-state index contributed by atoms with van der Waals surface area (Å²) in [6.07, 6.45) is 0.799. The number of hydrogen-bond donors (Lipinski definition) is 2. The highest BCUT2D eigenvalue weighted by Crippen LogP contribution is 2.14. The average Bonchev–Trinajstić information content (AvgIpc) is 2.88. The van der Waals surface area contributed by atoms with E-state index < -0.39 is 11.9 Å². The second-order valence-electron chi connectivity index (χ2n) is 5.26. The number of carbonyl (C=O) groups is 2. The lowest BCUT2D eigenvalue weighted by molar-refractivity contribution is -0.117. The monoisotopic (exact) mass is 336 g/mol. The maximum atomic E-state index is 11.8. The molecule has 0 aliphatic heterocycles. The Balaban J connectivity index is 1.92. The van der Waals surface area contributed by atoms with Crippen LogP contribution in [0.3, 0.4) is 0 Å². The van der Waals surface area contributed by atoms with Gasteiger partial charge in [0.2, 0.25) is 11.1 Å². The van der Waals surface area contributed by atoms with Gasteiger partial charge in [0.1, 0.15) is 0 Å². The first kappa shape index (κ1) is 17.2. The van der Waals surface area contributed by atoms with Gasteiger partial charge in [-0.25, -0.2) is 14.3 Å². The Morgan fingerprint density at radius 1 is 1.35 bits per heavy atom. The molecular formula is C14H20N6O2S. The standard InChI is InChI=1S/C14H20N6O2S/c1-5-8(2)16-13(22)17-11(21)7-23-14-18-12-15-9(3)6-10(4)20(12)19-14/h6,8H,5,7H2,1-4H3,(H2,16,17,21,22). The van der Waals surface area contributed by atoms with Gasteiger partial charge in [0.25, 0.3) is 5.78 Å². The molecule has 0 radical (unpaired) electrons. The van der Waals surface area contributed by atoms with Crippen molar-refractivity contribution in [3.63, 3.8) is 0 Å². The van der Waals surface area contributed by atoms with Crippen molar-refractivity contribution in [2.24, 2.45) is 0 Å². The van der Waals surface area contributed by atoms with Crippen LogP contribution in [-0.4, -0.2) is 43.3 Å². The van der Waals surface area contributed by atoms with Crippen LogP contribution < -0.4 is 10.6 Å². The number of fused-ring (bicyclic) bond motifs is 1. The Hall–Kier alpha value is -2.16. The van der Waals surface area contributed by atoms with Crippen LogP contribution in [0.25, 0.3) is 5.78 Å². The number of thioether (sulfide) groups is 1. The molecule has 0 bridgehead atoms. The van der Waals surface area contributed by atoms with Gasteiger partial charge in [0.15, 0.2) is 0 Å². The largest absolute Gasteiger partial charge is 0.335 e. The van der Waals surface area contributed by atoms with Crippen molar-refractivity contribution < 1.29 is 9.59 Å². The van der Waals surface area contributed by atoms with Crippen LogP contribution in [0.2, 0.25) is 0 Å². The molecule has 124 valence electrons. The lowest BCUT2D eigenvalue weighted by Gasteiger charge is -2.11. The average molecular weight is 336 g/mol. The van der Waals surface area contributed by atoms with Crippen LogP contribution in [0.4, 0.5) is 4.79 Å². The molecule has 0 aliphatic rings. The second-order valence-corrected chi connectivity index (χ2v) is 6.21. The van der Waals surface area contributed by atoms with E-state index in [2.05, 4.69) is 25.7 Å². The maximum Gasteiger partial charge on any atom is 0.321 e. The number of nitrogens with one attached hydrogen (secondary N) is 2. The molecular weight excluding hydrogens is 316 g/mol. The third-order valence-corrected chi connectivity index (χ3v) is 4.01. The Labute approximate surface area is 138 Å². The summed E-state index contributed by atoms with van der Waals surface area (Å²) in [5.41, 5.74) is 1.78. The van der Waals surface area contributed by atoms with E-state index >= 15 is 0 Å². The maximum absolute atomic E-state index is 11.8. The van der Waals surface area contributed by atoms with Gasteiger partial charge in [-0.2, -0.15) is 4.98 Å². The van der Waals surface area contributed by atoms with Gasteiger partial charge in [-0.15, -0.1) is 5.10 Å². The highest BCUT2D eigenvalue weighted by atomic mass is 32.2. The fourth-order valence-electron chi connectivity index (χ4n) is 1.86. The number of aryl methyl sites for hydroxylation is 2. The van der Waals surface area contributed by atoms with Crippen LogP contribution in [-0.2, 0) is 4.79 Å². The first-order chi connectivity index (χ1) is 10.9. The number of urea groups is 1. The molecule has 3 amide bonds. The number of amides is 3. The van der Waals surface area contributed by atoms with Gasteiger partial charge in [0.05, 0.1) is 5.75 Å². The topological polar surface area (TPSA) is 101 Å². The zero-order chi connectivity index (χ0) is 17.0. The van der Waals surface area contributed by atoms with Crippen molar-refractivity contribution in [1.29, 1.82) is 0 Å². The number of rotatable bonds is 5. The van der Waals surface area contributed by atoms with E-state index in [1.807, 2.05) is 33.8 Å². The molecule has 0 spiro atoms. The SMILES string of the molecule is CCC(C)NC(=O)NC(=O)CSc1nc2nc(C)cc(C)n2n1. The molecule has 0 aliphatic carbocycles. The molecule has 1 atom stereocenters. The summed E-state index contributed by atoms with van der Waals surface area (Å²) >= 11 is 1.16. The molecule has 8 nitrogen and oxygen atoms in total. The van der Waals surface area contributed by atoms with Crippen molar-refractivity contribution in [3.8, 4) is 0 Å². The third-order valence-electron chi connectivity index (χ3n) is 3.17. The van der Waals surface area contributed by atoms with Crippen molar-refractivity contribution >= 4 is 29.5 Å². The number of carbonyl (C=O) groups excluding carboxylic acids is 2. The van der Waals surface area contributed by atoms with Crippen molar-refractivity contribution in [2.45, 2.75) is 45.3 Å². The van der Waals surface area contributed by atoms with Gasteiger partial charge in [0, 0.05) is 17.4 Å². The van der Waals surface area contributed by atoms with Gasteiger partial charge in [-0.1, -0.05) is 18.7 Å². The summed E-state index contributed by atoms with van der Waals surface area (Å²) in [6, 6.07) is 1.44. The number of imide groups is 1. The molecule has 2 heterocycles. The van der Waals surface area contributed by atoms with Crippen molar-refractivity contribution in [3.05, 3.63) is 17.5 Å². The first-order valence-electron chi connectivity index (χ1n) is 7.33. The Kier molecular flexibility index (Phi) is 5.54. The number of aromatic nitrogens is 4. The first-order valence-corrected chi connectivity index (χ1v) is 8.31. The van der Waals surface area contributed by atoms with Crippen LogP contribution in [0, 0.1) is 13.8 Å². The van der Waals surface area contributed by atoms with Crippen molar-refractivity contribution in [1.82, 2.24) is 30.2 Å². The highest BCUT2D eigenvalue weighted by molar-refractivity contribution is 7.99. The summed E-state index contributed by atoms with van der Waals surface area (Å²) < 4.78 is 1.63. The van der Waals surface area contributed by atoms with Crippen LogP contribution in [0.1, 0.15) is 31.7 Å². The predicted molar refractivity (Wildman–Crippen MR) is 87.4 cm³/mol. The fraction of sp³-hybridized carbons (Fsp3) is 0.500. The van der Waals surface area contributed by atoms with E-state index in [4.69, 9.17) is 0 Å². The minimum absolute atomic E-state index is 0.0212. The third kappa shape index (κ3) is 4.65. The molecule has 23 heavy (non-hydrogen) atoms. The molecule has 9 heteroatoms. The van der Waals surface area contributed by atoms with Gasteiger partial charge >= 0.3 is 6.03 Å². The van der Waals surface area contributed by atoms with E-state index in [9.17, 15) is 9.59 Å². The lowest BCUT2D eigenvalue weighted by atomic mass is 10.3. The minimum atomic E-state index is -0.485. The minimum Gasteiger partial charge on any atom is -0.335 e. The van der Waals surface area contributed by atoms with E-state index in [1.165, 1.54) is 0 Å². The Morgan fingerprint density at radius 2 is 2.09 bits per heavy atom. The summed E-state index contributed by atoms with van der Waals surface area (Å²) in [5, 5.41) is 9.69. The van der Waals surface area contributed by atoms with Crippen LogP contribution in [0.5, 0.6) is 0 Å². The Morgan fingerprint density at radius 3 is 2.78 bits per heavy atom. The van der Waals surface area contributed by atoms with Crippen LogP contribution in [0.15, 0.2) is 11.2 Å². The zero-order valence-electron chi connectivity index (χ0n) is 13.6. The summed E-state index contributed by atoms with van der Waals surface area (Å²) in [4.78, 5) is 31.9. The molecule has 2 aromatic heterocycles. The molecule has 1 unspecified atom stereocenters. The van der Waals surface area contributed by atoms with Gasteiger partial charge in [-0.3, -0.25) is 10.1 Å². The van der Waals surface area contributed by atoms with E-state index in [0.717, 1.165) is 29.6 Å². The summed E-state index contributed by atoms with van der Waals surface area (Å²) in [5.74, 6) is 0.165. The molecule has 0 fully saturated rings. The summed E-state index contributed by atoms with van der Waals surface area (Å²) in [6.45, 7) is 7.63. The van der Waals surface area contributed by atoms with Gasteiger partial charge < -0.3 is 5.32 Å². The van der Waals surface area contributed by atoms with Crippen molar-refractivity contribution in [2.75, 3.05) is 5.75 Å². The van der Waals surface area contributed by atoms with E-state index in [0.29, 0.717) is 10.9 Å². The number of hydrogen-bond acceptors (Lipinski definition) is 6. The lowest BCUT2D eigenvalue weighted by Crippen LogP contribution is -2.43. The molecule has 2 N–H and O–H groups in total. The predicted octanol–water partition coefficient (Wildman–Crippen LogP) is 1.46. The molecule has 0 saturated heterocycles. The normalized spacial score (nSPS) is 12.2. The Bertz CT molecular complexity index is 729. The summed E-state index contributed by atoms with van der Waals surface area (Å²) in [7, 11) is 0. The highest BCUT2D eigenvalue weighted by Gasteiger charge is 2.13. The zero-order valence-corrected chi connectivity index (χ0v) is 14.4. The molecule has 2 rings (SSSR count). The fourth-order valence-corrected chi connectivity index (χ4v) is 2.48. The molecule has 2 aromatic rings. The van der Waals surface area contributed by atoms with E-state index in [1.54, 1.807) is 4.52 Å². The second kappa shape index (κ2) is 7.40. The van der Waals surface area contributed by atoms with Gasteiger partial charge in [-0.05, 0) is 33.3 Å². The smallest absolute Gasteiger partial charge is 0.321 e. The number of nitrogens with zero attached hydrogens (tertiary/aromatic N) is 4. The molecule has 0 saturated carbocycles. The molecule has 0 aromatic carbocycles. The van der Waals surface area contributed by atoms with E-state index in [-0.39, 0.29) is 11.8 Å². The quantitative estimate of drug-likeness (QED) is 0.802. The van der Waals surface area contributed by atoms with Crippen LogP contribution >= 0.6 is 11.8 Å².